The molecular weight excluding hydrogens is 304 g/mol. The molecule has 0 bridgehead atoms. The Balaban J connectivity index is 2.16. The highest BCUT2D eigenvalue weighted by molar-refractivity contribution is 5.68. The van der Waals surface area contributed by atoms with E-state index in [1.165, 1.54) is 0 Å². The number of amides is 1. The van der Waals surface area contributed by atoms with Gasteiger partial charge in [-0.25, -0.2) is 13.6 Å². The Morgan fingerprint density at radius 3 is 2.65 bits per heavy atom. The molecule has 0 aliphatic carbocycles. The molecule has 0 unspecified atom stereocenters. The molecule has 1 aromatic carbocycles. The Kier molecular flexibility index (Phi) is 4.82. The Hall–Kier alpha value is -1.85. The van der Waals surface area contributed by atoms with Gasteiger partial charge in [-0.3, -0.25) is 0 Å². The molecule has 0 fully saturated rings. The van der Waals surface area contributed by atoms with Gasteiger partial charge < -0.3 is 14.8 Å². The number of hydrogen-bond donors (Lipinski definition) is 1. The number of rotatable bonds is 3. The van der Waals surface area contributed by atoms with Crippen molar-refractivity contribution in [1.29, 1.82) is 0 Å². The van der Waals surface area contributed by atoms with Gasteiger partial charge in [0.1, 0.15) is 11.4 Å². The van der Waals surface area contributed by atoms with E-state index in [0.29, 0.717) is 29.9 Å². The molecule has 1 amide bonds. The zero-order valence-corrected chi connectivity index (χ0v) is 13.9. The fourth-order valence-corrected chi connectivity index (χ4v) is 2.51. The molecule has 0 spiro atoms. The molecule has 0 radical (unpaired) electrons. The number of ether oxygens (including phenoxy) is 2. The van der Waals surface area contributed by atoms with Crippen molar-refractivity contribution < 1.29 is 23.0 Å². The Morgan fingerprint density at radius 1 is 1.35 bits per heavy atom. The Labute approximate surface area is 135 Å². The molecule has 1 atom stereocenters. The van der Waals surface area contributed by atoms with Crippen LogP contribution in [0.3, 0.4) is 0 Å². The zero-order valence-electron chi connectivity index (χ0n) is 13.9. The monoisotopic (exact) mass is 327 g/mol. The van der Waals surface area contributed by atoms with Crippen molar-refractivity contribution >= 4 is 6.09 Å². The van der Waals surface area contributed by atoms with Crippen LogP contribution in [0.25, 0.3) is 0 Å². The minimum atomic E-state index is -2.78. The lowest BCUT2D eigenvalue weighted by Gasteiger charge is -2.29. The van der Waals surface area contributed by atoms with E-state index >= 15 is 0 Å². The lowest BCUT2D eigenvalue weighted by molar-refractivity contribution is 0.0224. The zero-order chi connectivity index (χ0) is 17.3. The van der Waals surface area contributed by atoms with Crippen molar-refractivity contribution in [3.63, 3.8) is 0 Å². The molecule has 0 saturated heterocycles. The van der Waals surface area contributed by atoms with Crippen molar-refractivity contribution in [2.24, 2.45) is 0 Å². The smallest absolute Gasteiger partial charge is 0.408 e. The second kappa shape index (κ2) is 6.34. The van der Waals surface area contributed by atoms with E-state index in [9.17, 15) is 13.6 Å². The first kappa shape index (κ1) is 17.5. The van der Waals surface area contributed by atoms with E-state index in [-0.39, 0.29) is 12.5 Å². The second-order valence-electron chi connectivity index (χ2n) is 6.96. The lowest BCUT2D eigenvalue weighted by Crippen LogP contribution is -2.36. The van der Waals surface area contributed by atoms with Crippen LogP contribution in [0.1, 0.15) is 51.3 Å². The first-order valence-corrected chi connectivity index (χ1v) is 7.66. The third kappa shape index (κ3) is 5.37. The maximum Gasteiger partial charge on any atom is 0.408 e. The molecule has 1 N–H and O–H groups in total. The van der Waals surface area contributed by atoms with E-state index in [2.05, 4.69) is 5.32 Å². The van der Waals surface area contributed by atoms with Gasteiger partial charge in [0.2, 0.25) is 5.92 Å². The molecule has 2 rings (SSSR count). The highest BCUT2D eigenvalue weighted by atomic mass is 19.3. The predicted molar refractivity (Wildman–Crippen MR) is 83.0 cm³/mol. The summed E-state index contributed by atoms with van der Waals surface area (Å²) < 4.78 is 37.2. The number of hydrogen-bond acceptors (Lipinski definition) is 3. The number of alkyl carbamates (subject to hydrolysis) is 1. The average Bonchev–Trinajstić information content (AvgIpc) is 2.35. The fraction of sp³-hybridized carbons (Fsp3) is 0.588. The van der Waals surface area contributed by atoms with E-state index in [0.717, 1.165) is 6.92 Å². The van der Waals surface area contributed by atoms with Gasteiger partial charge in [0.05, 0.1) is 12.6 Å². The van der Waals surface area contributed by atoms with Crippen LogP contribution in [0, 0.1) is 0 Å². The highest BCUT2D eigenvalue weighted by Crippen LogP contribution is 2.34. The van der Waals surface area contributed by atoms with Crippen LogP contribution in [0.5, 0.6) is 5.75 Å². The van der Waals surface area contributed by atoms with Gasteiger partial charge in [-0.05, 0) is 45.4 Å². The van der Waals surface area contributed by atoms with Gasteiger partial charge >= 0.3 is 6.09 Å². The highest BCUT2D eigenvalue weighted by Gasteiger charge is 2.27. The third-order valence-corrected chi connectivity index (χ3v) is 3.32. The summed E-state index contributed by atoms with van der Waals surface area (Å²) in [5.41, 5.74) is 0.631. The van der Waals surface area contributed by atoms with Crippen LogP contribution in [-0.2, 0) is 11.2 Å². The summed E-state index contributed by atoms with van der Waals surface area (Å²) in [6.45, 7) is 6.69. The number of nitrogens with one attached hydrogen (secondary N) is 1. The quantitative estimate of drug-likeness (QED) is 0.903. The molecule has 1 heterocycles. The number of carbonyl (C=O) groups is 1. The molecule has 6 heteroatoms. The fourth-order valence-electron chi connectivity index (χ4n) is 2.51. The minimum absolute atomic E-state index is 0.306. The largest absolute Gasteiger partial charge is 0.493 e. The number of benzene rings is 1. The van der Waals surface area contributed by atoms with Gasteiger partial charge in [-0.15, -0.1) is 0 Å². The minimum Gasteiger partial charge on any atom is -0.493 e. The van der Waals surface area contributed by atoms with Crippen molar-refractivity contribution in [2.75, 3.05) is 6.61 Å². The van der Waals surface area contributed by atoms with Crippen LogP contribution in [0.15, 0.2) is 18.2 Å². The summed E-state index contributed by atoms with van der Waals surface area (Å²) in [6, 6.07) is 4.68. The van der Waals surface area contributed by atoms with E-state index in [1.807, 2.05) is 0 Å². The first-order valence-electron chi connectivity index (χ1n) is 7.66. The summed E-state index contributed by atoms with van der Waals surface area (Å²) >= 11 is 0. The average molecular weight is 327 g/mol. The molecule has 4 nitrogen and oxygen atoms in total. The van der Waals surface area contributed by atoms with Crippen LogP contribution in [0.2, 0.25) is 0 Å². The van der Waals surface area contributed by atoms with Crippen molar-refractivity contribution in [2.45, 2.75) is 58.1 Å². The Bertz CT molecular complexity index is 576. The van der Waals surface area contributed by atoms with Gasteiger partial charge in [-0.1, -0.05) is 6.07 Å². The summed E-state index contributed by atoms with van der Waals surface area (Å²) in [5.74, 6) is -2.17. The number of fused-ring (bicyclic) bond motifs is 1. The lowest BCUT2D eigenvalue weighted by atomic mass is 9.96. The van der Waals surface area contributed by atoms with Crippen molar-refractivity contribution in [3.8, 4) is 5.75 Å². The molecule has 1 aliphatic heterocycles. The molecular formula is C17H23F2NO3. The summed E-state index contributed by atoms with van der Waals surface area (Å²) in [5, 5.41) is 2.79. The number of halogens is 2. The van der Waals surface area contributed by atoms with Gasteiger partial charge in [-0.2, -0.15) is 0 Å². The van der Waals surface area contributed by atoms with Crippen molar-refractivity contribution in [1.82, 2.24) is 5.32 Å². The van der Waals surface area contributed by atoms with E-state index < -0.39 is 17.6 Å². The standard InChI is InChI=1S/C17H23F2NO3/c1-16(2,3)23-15(21)20-13-7-8-22-14-6-5-11(9-12(13)14)10-17(4,18)19/h5-6,9,13H,7-8,10H2,1-4H3,(H,20,21)/t13-/m0/s1. The van der Waals surface area contributed by atoms with Crippen LogP contribution in [-0.4, -0.2) is 24.2 Å². The number of alkyl halides is 2. The molecule has 1 aromatic rings. The second-order valence-corrected chi connectivity index (χ2v) is 6.96. The van der Waals surface area contributed by atoms with Crippen LogP contribution in [0.4, 0.5) is 13.6 Å². The topological polar surface area (TPSA) is 47.6 Å². The van der Waals surface area contributed by atoms with E-state index in [1.54, 1.807) is 39.0 Å². The molecule has 1 aliphatic rings. The summed E-state index contributed by atoms with van der Waals surface area (Å²) in [6.07, 6.45) is -0.306. The summed E-state index contributed by atoms with van der Waals surface area (Å²) in [4.78, 5) is 12.0. The number of carbonyl (C=O) groups excluding carboxylic acids is 1. The molecule has 128 valence electrons. The van der Waals surface area contributed by atoms with Crippen LogP contribution >= 0.6 is 0 Å². The maximum absolute atomic E-state index is 13.2. The van der Waals surface area contributed by atoms with Gasteiger partial charge in [0.15, 0.2) is 0 Å². The molecule has 23 heavy (non-hydrogen) atoms. The third-order valence-electron chi connectivity index (χ3n) is 3.32. The van der Waals surface area contributed by atoms with E-state index in [4.69, 9.17) is 9.47 Å². The van der Waals surface area contributed by atoms with Crippen LogP contribution < -0.4 is 10.1 Å². The summed E-state index contributed by atoms with van der Waals surface area (Å²) in [7, 11) is 0. The van der Waals surface area contributed by atoms with Crippen molar-refractivity contribution in [3.05, 3.63) is 29.3 Å². The maximum atomic E-state index is 13.2. The SMILES string of the molecule is CC(F)(F)Cc1ccc2c(c1)[C@@H](NC(=O)OC(C)(C)C)CCO2. The Morgan fingerprint density at radius 2 is 2.04 bits per heavy atom. The van der Waals surface area contributed by atoms with Gasteiger partial charge in [0.25, 0.3) is 0 Å². The van der Waals surface area contributed by atoms with Gasteiger partial charge in [0, 0.05) is 18.4 Å². The first-order chi connectivity index (χ1) is 10.5. The molecule has 0 aromatic heterocycles. The predicted octanol–water partition coefficient (Wildman–Crippen LogP) is 4.23. The normalized spacial score (nSPS) is 17.9. The molecule has 0 saturated carbocycles.